The Balaban J connectivity index is 2.40. The van der Waals surface area contributed by atoms with Crippen LogP contribution in [0.15, 0.2) is 0 Å². The summed E-state index contributed by atoms with van der Waals surface area (Å²) in [4.78, 5) is 15.7. The van der Waals surface area contributed by atoms with Gasteiger partial charge in [-0.1, -0.05) is 0 Å². The number of thiazole rings is 1. The quantitative estimate of drug-likeness (QED) is 0.782. The van der Waals surface area contributed by atoms with E-state index in [0.29, 0.717) is 23.5 Å². The average Bonchev–Trinajstić information content (AvgIpc) is 2.55. The molecule has 1 aromatic heterocycles. The van der Waals surface area contributed by atoms with Gasteiger partial charge in [-0.3, -0.25) is 4.79 Å². The molecule has 0 saturated heterocycles. The number of carbonyl (C=O) groups is 1. The Bertz CT molecular complexity index is 425. The molecule has 0 spiro atoms. The van der Waals surface area contributed by atoms with Crippen LogP contribution in [0.3, 0.4) is 0 Å². The number of aromatic nitrogens is 1. The third-order valence-corrected chi connectivity index (χ3v) is 3.62. The Morgan fingerprint density at radius 2 is 2.35 bits per heavy atom. The number of H-pyrrole nitrogens is 1. The van der Waals surface area contributed by atoms with Crippen molar-refractivity contribution in [2.24, 2.45) is 0 Å². The summed E-state index contributed by atoms with van der Waals surface area (Å²) in [5.41, 5.74) is 0.980. The van der Waals surface area contributed by atoms with Crippen LogP contribution in [0.5, 0.6) is 0 Å². The second kappa shape index (κ2) is 6.88. The summed E-state index contributed by atoms with van der Waals surface area (Å²) in [6, 6.07) is 0. The molecule has 0 fully saturated rings. The minimum Gasteiger partial charge on any atom is -0.377 e. The number of amides is 1. The van der Waals surface area contributed by atoms with Crippen molar-refractivity contribution in [3.05, 3.63) is 14.5 Å². The van der Waals surface area contributed by atoms with Crippen LogP contribution >= 0.6 is 23.6 Å². The molecule has 0 bridgehead atoms. The zero-order valence-corrected chi connectivity index (χ0v) is 12.0. The van der Waals surface area contributed by atoms with Gasteiger partial charge < -0.3 is 15.0 Å². The maximum Gasteiger partial charge on any atom is 0.225 e. The summed E-state index contributed by atoms with van der Waals surface area (Å²) in [7, 11) is 0. The van der Waals surface area contributed by atoms with Crippen LogP contribution in [0, 0.1) is 10.9 Å². The minimum atomic E-state index is 0.00454. The highest BCUT2D eigenvalue weighted by atomic mass is 32.1. The van der Waals surface area contributed by atoms with E-state index in [1.807, 2.05) is 20.8 Å². The van der Waals surface area contributed by atoms with E-state index >= 15 is 0 Å². The average molecular weight is 274 g/mol. The SMILES string of the molecule is CCOC(C)CNC(=O)Cc1sc(=S)[nH]c1C. The fourth-order valence-corrected chi connectivity index (χ4v) is 2.70. The molecule has 0 aliphatic rings. The fraction of sp³-hybridized carbons (Fsp3) is 0.636. The van der Waals surface area contributed by atoms with Crippen molar-refractivity contribution in [2.45, 2.75) is 33.3 Å². The normalized spacial score (nSPS) is 12.4. The maximum atomic E-state index is 11.7. The molecule has 1 atom stereocenters. The van der Waals surface area contributed by atoms with Gasteiger partial charge in [0.2, 0.25) is 5.91 Å². The van der Waals surface area contributed by atoms with Crippen molar-refractivity contribution < 1.29 is 9.53 Å². The molecule has 0 radical (unpaired) electrons. The molecule has 1 unspecified atom stereocenters. The molecule has 96 valence electrons. The predicted octanol–water partition coefficient (Wildman–Crippen LogP) is 2.20. The first-order valence-corrected chi connectivity index (χ1v) is 6.82. The number of ether oxygens (including phenoxy) is 1. The van der Waals surface area contributed by atoms with E-state index in [9.17, 15) is 4.79 Å². The fourth-order valence-electron chi connectivity index (χ4n) is 1.41. The lowest BCUT2D eigenvalue weighted by atomic mass is 10.3. The van der Waals surface area contributed by atoms with Crippen molar-refractivity contribution in [1.29, 1.82) is 0 Å². The van der Waals surface area contributed by atoms with Gasteiger partial charge in [0.15, 0.2) is 3.95 Å². The van der Waals surface area contributed by atoms with Crippen molar-refractivity contribution in [1.82, 2.24) is 10.3 Å². The number of nitrogens with one attached hydrogen (secondary N) is 2. The number of hydrogen-bond acceptors (Lipinski definition) is 4. The first-order chi connectivity index (χ1) is 8.02. The van der Waals surface area contributed by atoms with Gasteiger partial charge in [0.05, 0.1) is 12.5 Å². The van der Waals surface area contributed by atoms with E-state index in [2.05, 4.69) is 10.3 Å². The standard InChI is InChI=1S/C11H18N2O2S2/c1-4-15-7(2)6-12-10(14)5-9-8(3)13-11(16)17-9/h7H,4-6H2,1-3H3,(H,12,14)(H,13,16). The molecule has 0 saturated carbocycles. The Hall–Kier alpha value is -0.720. The summed E-state index contributed by atoms with van der Waals surface area (Å²) in [6.45, 7) is 7.01. The number of rotatable bonds is 6. The smallest absolute Gasteiger partial charge is 0.225 e. The zero-order chi connectivity index (χ0) is 12.8. The van der Waals surface area contributed by atoms with Crippen molar-refractivity contribution in [3.8, 4) is 0 Å². The molecular weight excluding hydrogens is 256 g/mol. The Morgan fingerprint density at radius 3 is 2.88 bits per heavy atom. The third-order valence-electron chi connectivity index (χ3n) is 2.28. The molecule has 0 aromatic carbocycles. The van der Waals surface area contributed by atoms with Crippen LogP contribution in [0.2, 0.25) is 0 Å². The molecule has 0 aliphatic heterocycles. The zero-order valence-electron chi connectivity index (χ0n) is 10.3. The van der Waals surface area contributed by atoms with Crippen LogP contribution in [0.1, 0.15) is 24.4 Å². The molecule has 1 aromatic rings. The van der Waals surface area contributed by atoms with Crippen LogP contribution in [-0.2, 0) is 16.0 Å². The van der Waals surface area contributed by atoms with Crippen LogP contribution < -0.4 is 5.32 Å². The Labute approximate surface area is 110 Å². The minimum absolute atomic E-state index is 0.00454. The van der Waals surface area contributed by atoms with E-state index in [4.69, 9.17) is 17.0 Å². The first kappa shape index (κ1) is 14.3. The molecular formula is C11H18N2O2S2. The van der Waals surface area contributed by atoms with Gasteiger partial charge in [-0.05, 0) is 33.0 Å². The molecule has 1 heterocycles. The highest BCUT2D eigenvalue weighted by Crippen LogP contribution is 2.14. The largest absolute Gasteiger partial charge is 0.377 e. The van der Waals surface area contributed by atoms with Crippen LogP contribution in [0.4, 0.5) is 0 Å². The van der Waals surface area contributed by atoms with Gasteiger partial charge in [-0.25, -0.2) is 0 Å². The highest BCUT2D eigenvalue weighted by Gasteiger charge is 2.09. The lowest BCUT2D eigenvalue weighted by Crippen LogP contribution is -2.33. The second-order valence-corrected chi connectivity index (χ2v) is 5.58. The Kier molecular flexibility index (Phi) is 5.80. The van der Waals surface area contributed by atoms with Crippen LogP contribution in [0.25, 0.3) is 0 Å². The van der Waals surface area contributed by atoms with E-state index in [-0.39, 0.29) is 12.0 Å². The topological polar surface area (TPSA) is 54.1 Å². The van der Waals surface area contributed by atoms with Gasteiger partial charge in [-0.15, -0.1) is 11.3 Å². The third kappa shape index (κ3) is 4.97. The summed E-state index contributed by atoms with van der Waals surface area (Å²) < 4.78 is 6.05. The van der Waals surface area contributed by atoms with E-state index in [0.717, 1.165) is 10.6 Å². The molecule has 1 amide bonds. The van der Waals surface area contributed by atoms with Crippen molar-refractivity contribution >= 4 is 29.5 Å². The van der Waals surface area contributed by atoms with Gasteiger partial charge in [0.1, 0.15) is 0 Å². The van der Waals surface area contributed by atoms with Crippen molar-refractivity contribution in [3.63, 3.8) is 0 Å². The highest BCUT2D eigenvalue weighted by molar-refractivity contribution is 7.73. The van der Waals surface area contributed by atoms with Gasteiger partial charge >= 0.3 is 0 Å². The van der Waals surface area contributed by atoms with E-state index in [1.165, 1.54) is 11.3 Å². The number of hydrogen-bond donors (Lipinski definition) is 2. The number of carbonyl (C=O) groups excluding carboxylic acids is 1. The molecule has 0 aliphatic carbocycles. The first-order valence-electron chi connectivity index (χ1n) is 5.59. The van der Waals surface area contributed by atoms with Crippen LogP contribution in [-0.4, -0.2) is 30.1 Å². The molecule has 17 heavy (non-hydrogen) atoms. The monoisotopic (exact) mass is 274 g/mol. The number of aromatic amines is 1. The van der Waals surface area contributed by atoms with Gasteiger partial charge in [0, 0.05) is 23.7 Å². The predicted molar refractivity (Wildman–Crippen MR) is 72.0 cm³/mol. The Morgan fingerprint density at radius 1 is 1.65 bits per heavy atom. The summed E-state index contributed by atoms with van der Waals surface area (Å²) in [5, 5.41) is 2.85. The summed E-state index contributed by atoms with van der Waals surface area (Å²) >= 11 is 6.48. The lowest BCUT2D eigenvalue weighted by Gasteiger charge is -2.12. The molecule has 6 heteroatoms. The lowest BCUT2D eigenvalue weighted by molar-refractivity contribution is -0.121. The molecule has 1 rings (SSSR count). The molecule has 4 nitrogen and oxygen atoms in total. The summed E-state index contributed by atoms with van der Waals surface area (Å²) in [6.07, 6.45) is 0.428. The second-order valence-electron chi connectivity index (χ2n) is 3.81. The summed E-state index contributed by atoms with van der Waals surface area (Å²) in [5.74, 6) is 0.00454. The van der Waals surface area contributed by atoms with E-state index < -0.39 is 0 Å². The molecule has 2 N–H and O–H groups in total. The van der Waals surface area contributed by atoms with E-state index in [1.54, 1.807) is 0 Å². The van der Waals surface area contributed by atoms with Gasteiger partial charge in [-0.2, -0.15) is 0 Å². The van der Waals surface area contributed by atoms with Gasteiger partial charge in [0.25, 0.3) is 0 Å². The number of aryl methyl sites for hydroxylation is 1. The maximum absolute atomic E-state index is 11.7. The van der Waals surface area contributed by atoms with Crippen molar-refractivity contribution in [2.75, 3.05) is 13.2 Å².